The molecule has 1 aromatic carbocycles. The van der Waals surface area contributed by atoms with Crippen LogP contribution in [0.25, 0.3) is 11.3 Å². The minimum Gasteiger partial charge on any atom is -0.487 e. The lowest BCUT2D eigenvalue weighted by Crippen LogP contribution is -2.21. The van der Waals surface area contributed by atoms with Crippen molar-refractivity contribution in [1.82, 2.24) is 15.0 Å². The summed E-state index contributed by atoms with van der Waals surface area (Å²) < 4.78 is 32.2. The molecule has 0 saturated heterocycles. The summed E-state index contributed by atoms with van der Waals surface area (Å²) in [5, 5.41) is 9.35. The number of aliphatic carboxylic acids is 1. The number of rotatable bonds is 11. The highest BCUT2D eigenvalue weighted by molar-refractivity contribution is 5.68. The highest BCUT2D eigenvalue weighted by atomic mass is 19.1. The van der Waals surface area contributed by atoms with E-state index >= 15 is 0 Å². The van der Waals surface area contributed by atoms with Gasteiger partial charge in [-0.3, -0.25) is 4.79 Å². The molecule has 3 aromatic rings. The third-order valence-corrected chi connectivity index (χ3v) is 7.17. The van der Waals surface area contributed by atoms with E-state index in [2.05, 4.69) is 15.0 Å². The second-order valence-electron chi connectivity index (χ2n) is 10.0. The first-order chi connectivity index (χ1) is 18.5. The number of hydrogen-bond acceptors (Lipinski definition) is 7. The van der Waals surface area contributed by atoms with E-state index in [9.17, 15) is 14.3 Å². The van der Waals surface area contributed by atoms with Crippen molar-refractivity contribution in [3.63, 3.8) is 0 Å². The van der Waals surface area contributed by atoms with Gasteiger partial charge in [0.1, 0.15) is 29.8 Å². The molecule has 200 valence electrons. The van der Waals surface area contributed by atoms with E-state index in [1.54, 1.807) is 6.20 Å². The van der Waals surface area contributed by atoms with Crippen molar-refractivity contribution in [3.8, 4) is 28.8 Å². The fourth-order valence-electron chi connectivity index (χ4n) is 5.03. The third-order valence-electron chi connectivity index (χ3n) is 7.17. The number of benzene rings is 1. The van der Waals surface area contributed by atoms with E-state index in [4.69, 9.17) is 14.2 Å². The Morgan fingerprint density at radius 3 is 2.66 bits per heavy atom. The number of hydrogen-bond donors (Lipinski definition) is 1. The average Bonchev–Trinajstić information content (AvgIpc) is 3.77. The van der Waals surface area contributed by atoms with Gasteiger partial charge in [-0.25, -0.2) is 19.3 Å². The zero-order valence-electron chi connectivity index (χ0n) is 21.4. The summed E-state index contributed by atoms with van der Waals surface area (Å²) in [7, 11) is 1.47. The Hall–Kier alpha value is -3.75. The smallest absolute Gasteiger partial charge is 0.303 e. The van der Waals surface area contributed by atoms with Crippen molar-refractivity contribution in [1.29, 1.82) is 0 Å². The lowest BCUT2D eigenvalue weighted by Gasteiger charge is -2.23. The van der Waals surface area contributed by atoms with E-state index in [0.717, 1.165) is 50.3 Å². The molecule has 1 atom stereocenters. The van der Waals surface area contributed by atoms with E-state index in [1.807, 2.05) is 24.3 Å². The van der Waals surface area contributed by atoms with Crippen LogP contribution in [-0.2, 0) is 11.4 Å². The van der Waals surface area contributed by atoms with Gasteiger partial charge in [-0.2, -0.15) is 0 Å². The number of halogens is 1. The normalized spacial score (nSPS) is 16.6. The van der Waals surface area contributed by atoms with Gasteiger partial charge in [0.25, 0.3) is 0 Å². The second-order valence-corrected chi connectivity index (χ2v) is 10.0. The van der Waals surface area contributed by atoms with Crippen LogP contribution >= 0.6 is 0 Å². The summed E-state index contributed by atoms with van der Waals surface area (Å²) in [6.45, 7) is 0.132. The average molecular weight is 522 g/mol. The Morgan fingerprint density at radius 2 is 1.92 bits per heavy atom. The molecule has 1 unspecified atom stereocenters. The molecule has 0 spiro atoms. The second kappa shape index (κ2) is 11.8. The Balaban J connectivity index is 1.37. The van der Waals surface area contributed by atoms with Crippen LogP contribution in [0.4, 0.5) is 4.39 Å². The third kappa shape index (κ3) is 6.38. The summed E-state index contributed by atoms with van der Waals surface area (Å²) in [6.07, 6.45) is 10.0. The van der Waals surface area contributed by atoms with Gasteiger partial charge in [-0.05, 0) is 68.1 Å². The van der Waals surface area contributed by atoms with Crippen LogP contribution in [0, 0.1) is 11.7 Å². The minimum atomic E-state index is -0.794. The van der Waals surface area contributed by atoms with Crippen LogP contribution in [0.15, 0.2) is 42.7 Å². The first-order valence-electron chi connectivity index (χ1n) is 13.2. The molecule has 0 bridgehead atoms. The highest BCUT2D eigenvalue weighted by Gasteiger charge is 2.34. The number of carboxylic acid groups (broad SMARTS) is 1. The predicted molar refractivity (Wildman–Crippen MR) is 138 cm³/mol. The molecule has 0 radical (unpaired) electrons. The van der Waals surface area contributed by atoms with Crippen LogP contribution in [0.2, 0.25) is 0 Å². The van der Waals surface area contributed by atoms with Crippen molar-refractivity contribution in [3.05, 3.63) is 59.8 Å². The number of ether oxygens (including phenoxy) is 3. The van der Waals surface area contributed by atoms with Crippen LogP contribution in [0.1, 0.15) is 68.5 Å². The molecule has 8 nitrogen and oxygen atoms in total. The van der Waals surface area contributed by atoms with Crippen molar-refractivity contribution >= 4 is 5.97 Å². The van der Waals surface area contributed by atoms with Crippen LogP contribution in [0.3, 0.4) is 0 Å². The van der Waals surface area contributed by atoms with Crippen molar-refractivity contribution in [2.24, 2.45) is 5.92 Å². The number of carboxylic acids is 1. The fraction of sp³-hybridized carbons (Fsp3) is 0.448. The number of aromatic nitrogens is 3. The molecule has 38 heavy (non-hydrogen) atoms. The predicted octanol–water partition coefficient (Wildman–Crippen LogP) is 5.95. The van der Waals surface area contributed by atoms with Crippen LogP contribution in [-0.4, -0.2) is 39.2 Å². The van der Waals surface area contributed by atoms with E-state index in [1.165, 1.54) is 19.6 Å². The monoisotopic (exact) mass is 521 g/mol. The fourth-order valence-corrected chi connectivity index (χ4v) is 5.03. The number of pyridine rings is 1. The Morgan fingerprint density at radius 1 is 1.11 bits per heavy atom. The lowest BCUT2D eigenvalue weighted by atomic mass is 9.91. The van der Waals surface area contributed by atoms with Gasteiger partial charge < -0.3 is 19.3 Å². The molecule has 2 saturated carbocycles. The van der Waals surface area contributed by atoms with E-state index < -0.39 is 11.8 Å². The lowest BCUT2D eigenvalue weighted by molar-refractivity contribution is -0.137. The summed E-state index contributed by atoms with van der Waals surface area (Å²) >= 11 is 0. The molecule has 2 heterocycles. The minimum absolute atomic E-state index is 0.00923. The van der Waals surface area contributed by atoms with Gasteiger partial charge in [0.05, 0.1) is 25.9 Å². The highest BCUT2D eigenvalue weighted by Crippen LogP contribution is 2.45. The molecular weight excluding hydrogens is 489 g/mol. The number of carbonyl (C=O) groups is 1. The topological polar surface area (TPSA) is 104 Å². The number of methoxy groups -OCH3 is 1. The van der Waals surface area contributed by atoms with E-state index in [0.29, 0.717) is 23.1 Å². The van der Waals surface area contributed by atoms with Crippen LogP contribution < -0.4 is 14.2 Å². The SMILES string of the molecule is COc1cc(-c2ncc(COc3cccc(C(CC(=O)O)C4CC4)c3)nc2OC2CCCCC2)c(F)cn1. The van der Waals surface area contributed by atoms with Gasteiger partial charge in [-0.15, -0.1) is 0 Å². The van der Waals surface area contributed by atoms with Crippen molar-refractivity contribution in [2.75, 3.05) is 7.11 Å². The summed E-state index contributed by atoms with van der Waals surface area (Å²) in [6, 6.07) is 9.08. The standard InChI is InChI=1S/C29H32FN3O5/c1-36-26-13-24(25(30)16-31-26)28-29(38-21-7-3-2-4-8-21)33-20(15-32-28)17-37-22-9-5-6-19(12-22)23(14-27(34)35)18-10-11-18/h5-6,9,12-13,15-16,18,21,23H,2-4,7-8,10-11,14,17H2,1H3,(H,34,35). The van der Waals surface area contributed by atoms with Crippen molar-refractivity contribution in [2.45, 2.75) is 70.0 Å². The first-order valence-corrected chi connectivity index (χ1v) is 13.2. The molecule has 2 aliphatic carbocycles. The quantitative estimate of drug-likeness (QED) is 0.330. The van der Waals surface area contributed by atoms with Gasteiger partial charge >= 0.3 is 5.97 Å². The number of nitrogens with zero attached hydrogens (tertiary/aromatic N) is 3. The summed E-state index contributed by atoms with van der Waals surface area (Å²) in [4.78, 5) is 24.5. The maximum Gasteiger partial charge on any atom is 0.303 e. The molecular formula is C29H32FN3O5. The van der Waals surface area contributed by atoms with Crippen molar-refractivity contribution < 1.29 is 28.5 Å². The Labute approximate surface area is 221 Å². The zero-order valence-corrected chi connectivity index (χ0v) is 21.4. The van der Waals surface area contributed by atoms with E-state index in [-0.39, 0.29) is 42.4 Å². The molecule has 0 aliphatic heterocycles. The first kappa shape index (κ1) is 25.9. The van der Waals surface area contributed by atoms with Gasteiger partial charge in [0.15, 0.2) is 5.82 Å². The molecule has 2 aliphatic rings. The Bertz CT molecular complexity index is 1280. The maximum atomic E-state index is 14.8. The molecule has 1 N–H and O–H groups in total. The molecule has 2 aromatic heterocycles. The largest absolute Gasteiger partial charge is 0.487 e. The van der Waals surface area contributed by atoms with Gasteiger partial charge in [0, 0.05) is 11.6 Å². The molecule has 2 fully saturated rings. The maximum absolute atomic E-state index is 14.8. The molecule has 0 amide bonds. The van der Waals surface area contributed by atoms with Gasteiger partial charge in [-0.1, -0.05) is 18.6 Å². The molecule has 9 heteroatoms. The Kier molecular flexibility index (Phi) is 8.00. The van der Waals surface area contributed by atoms with Gasteiger partial charge in [0.2, 0.25) is 11.8 Å². The summed E-state index contributed by atoms with van der Waals surface area (Å²) in [5.74, 6) is 0.215. The summed E-state index contributed by atoms with van der Waals surface area (Å²) in [5.41, 5.74) is 2.01. The zero-order chi connectivity index (χ0) is 26.5. The molecule has 5 rings (SSSR count). The van der Waals surface area contributed by atoms with Crippen LogP contribution in [0.5, 0.6) is 17.5 Å².